The summed E-state index contributed by atoms with van der Waals surface area (Å²) in [6, 6.07) is 3.36. The zero-order valence-corrected chi connectivity index (χ0v) is 33.4. The van der Waals surface area contributed by atoms with Crippen LogP contribution in [-0.4, -0.2) is 92.2 Å². The maximum atomic E-state index is 14.5. The fourth-order valence-corrected chi connectivity index (χ4v) is 6.12. The average molecular weight is 742 g/mol. The summed E-state index contributed by atoms with van der Waals surface area (Å²) in [5.41, 5.74) is -0.813. The lowest BCUT2D eigenvalue weighted by Gasteiger charge is -2.40. The highest BCUT2D eigenvalue weighted by molar-refractivity contribution is 5.96. The molecule has 4 amide bonds. The molecule has 4 atom stereocenters. The first-order chi connectivity index (χ1) is 24.2. The molecule has 2 rings (SSSR count). The van der Waals surface area contributed by atoms with Crippen LogP contribution in [0.5, 0.6) is 0 Å². The van der Waals surface area contributed by atoms with Gasteiger partial charge in [0.25, 0.3) is 0 Å². The third kappa shape index (κ3) is 11.8. The van der Waals surface area contributed by atoms with E-state index in [4.69, 9.17) is 9.84 Å². The lowest BCUT2D eigenvalue weighted by atomic mass is 9.76. The molecule has 14 heteroatoms. The van der Waals surface area contributed by atoms with Crippen LogP contribution in [0.2, 0.25) is 0 Å². The number of hydrogen-bond acceptors (Lipinski definition) is 7. The lowest BCUT2D eigenvalue weighted by molar-refractivity contribution is -0.142. The number of aryl methyl sites for hydroxylation is 1. The Labute approximate surface area is 312 Å². The Bertz CT molecular complexity index is 1710. The number of carbonyl (C=O) groups excluding carboxylic acids is 4. The van der Waals surface area contributed by atoms with E-state index < -0.39 is 82.8 Å². The highest BCUT2D eigenvalue weighted by Gasteiger charge is 2.44. The number of carboxylic acids is 2. The second kappa shape index (κ2) is 17.3. The number of rotatable bonds is 15. The van der Waals surface area contributed by atoms with E-state index in [2.05, 4.69) is 16.0 Å². The van der Waals surface area contributed by atoms with Crippen molar-refractivity contribution in [1.29, 1.82) is 0 Å². The van der Waals surface area contributed by atoms with Gasteiger partial charge in [0.2, 0.25) is 17.7 Å². The number of para-hydroxylation sites is 1. The molecule has 1 heterocycles. The number of alkyl carbamates (subject to hydrolysis) is 1. The van der Waals surface area contributed by atoms with E-state index in [1.165, 1.54) is 11.8 Å². The Balaban J connectivity index is 2.52. The summed E-state index contributed by atoms with van der Waals surface area (Å²) in [6.45, 7) is 19.4. The first-order valence-corrected chi connectivity index (χ1v) is 17.7. The Hall–Kier alpha value is -4.88. The van der Waals surface area contributed by atoms with E-state index in [0.717, 1.165) is 16.5 Å². The van der Waals surface area contributed by atoms with Crippen molar-refractivity contribution < 1.29 is 43.7 Å². The number of hydrogen-bond donors (Lipinski definition) is 5. The standard InChI is InChI=1S/C39H59N5O9/c1-22(2)28(20-23(3)32(47)40-26(35(50)51)18-19-29(45)46)44(13)34(49)31(37(4,5)6)41-33(48)30(42-36(52)53-38(7,8)9)39(10,11)25-21-43(12)27-17-15-14-16-24(25)27/h14-17,20-22,26,28,30-31H,18-19H2,1-13H3,(H,40,47)(H,41,48)(H,42,52)(H,45,46)(H,50,51)/b23-20+/t26-,28-,30-,31-/m1/s1. The first kappa shape index (κ1) is 44.3. The highest BCUT2D eigenvalue weighted by atomic mass is 16.6. The molecule has 0 bridgehead atoms. The maximum absolute atomic E-state index is 14.5. The van der Waals surface area contributed by atoms with Crippen molar-refractivity contribution in [2.45, 2.75) is 124 Å². The van der Waals surface area contributed by atoms with Crippen LogP contribution in [0.25, 0.3) is 10.9 Å². The Kier molecular flexibility index (Phi) is 14.5. The van der Waals surface area contributed by atoms with Crippen LogP contribution in [0.4, 0.5) is 4.79 Å². The van der Waals surface area contributed by atoms with Gasteiger partial charge in [-0.05, 0) is 57.1 Å². The van der Waals surface area contributed by atoms with E-state index >= 15 is 0 Å². The number of fused-ring (bicyclic) bond motifs is 1. The Morgan fingerprint density at radius 3 is 2.00 bits per heavy atom. The van der Waals surface area contributed by atoms with E-state index in [0.29, 0.717) is 0 Å². The van der Waals surface area contributed by atoms with Gasteiger partial charge in [-0.1, -0.05) is 72.7 Å². The minimum atomic E-state index is -1.42. The number of ether oxygens (including phenoxy) is 1. The van der Waals surface area contributed by atoms with Gasteiger partial charge in [-0.25, -0.2) is 9.59 Å². The van der Waals surface area contributed by atoms with E-state index in [-0.39, 0.29) is 17.9 Å². The molecule has 1 aromatic heterocycles. The summed E-state index contributed by atoms with van der Waals surface area (Å²) in [7, 11) is 3.46. The Morgan fingerprint density at radius 2 is 1.49 bits per heavy atom. The molecular weight excluding hydrogens is 682 g/mol. The SMILES string of the molecule is C/C(=C\[C@H](C(C)C)N(C)C(=O)[C@@H](NC(=O)[C@@H](NC(=O)OC(C)(C)C)C(C)(C)c1cn(C)c2ccccc12)C(C)(C)C)C(=O)N[C@H](CCC(=O)O)C(=O)O. The van der Waals surface area contributed by atoms with Crippen molar-refractivity contribution in [1.82, 2.24) is 25.4 Å². The molecule has 294 valence electrons. The van der Waals surface area contributed by atoms with Crippen LogP contribution < -0.4 is 16.0 Å². The van der Waals surface area contributed by atoms with Crippen molar-refractivity contribution in [3.8, 4) is 0 Å². The van der Waals surface area contributed by atoms with Gasteiger partial charge >= 0.3 is 18.0 Å². The van der Waals surface area contributed by atoms with Gasteiger partial charge in [0.05, 0.1) is 6.04 Å². The van der Waals surface area contributed by atoms with Gasteiger partial charge in [-0.2, -0.15) is 0 Å². The monoisotopic (exact) mass is 741 g/mol. The third-order valence-electron chi connectivity index (χ3n) is 9.14. The van der Waals surface area contributed by atoms with Gasteiger partial charge in [0.1, 0.15) is 23.7 Å². The molecule has 0 aliphatic carbocycles. The van der Waals surface area contributed by atoms with Crippen molar-refractivity contribution >= 4 is 46.7 Å². The Morgan fingerprint density at radius 1 is 0.906 bits per heavy atom. The smallest absolute Gasteiger partial charge is 0.408 e. The molecule has 0 aliphatic rings. The minimum absolute atomic E-state index is 0.125. The summed E-state index contributed by atoms with van der Waals surface area (Å²) in [5, 5.41) is 27.5. The molecule has 1 aromatic carbocycles. The van der Waals surface area contributed by atoms with Crippen LogP contribution in [0.1, 0.15) is 94.6 Å². The van der Waals surface area contributed by atoms with E-state index in [9.17, 15) is 33.9 Å². The quantitative estimate of drug-likeness (QED) is 0.160. The largest absolute Gasteiger partial charge is 0.481 e. The minimum Gasteiger partial charge on any atom is -0.481 e. The summed E-state index contributed by atoms with van der Waals surface area (Å²) < 4.78 is 7.52. The van der Waals surface area contributed by atoms with Crippen molar-refractivity contribution in [3.05, 3.63) is 47.7 Å². The lowest BCUT2D eigenvalue weighted by Crippen LogP contribution is -2.63. The molecule has 0 radical (unpaired) electrons. The third-order valence-corrected chi connectivity index (χ3v) is 9.14. The molecule has 0 spiro atoms. The molecule has 2 aromatic rings. The molecule has 0 fully saturated rings. The highest BCUT2D eigenvalue weighted by Crippen LogP contribution is 2.35. The molecule has 5 N–H and O–H groups in total. The molecule has 0 saturated heterocycles. The second-order valence-corrected chi connectivity index (χ2v) is 16.6. The molecule has 0 aliphatic heterocycles. The normalized spacial score (nSPS) is 14.9. The number of aromatic nitrogens is 1. The zero-order valence-electron chi connectivity index (χ0n) is 33.4. The van der Waals surface area contributed by atoms with Gasteiger partial charge in [0, 0.05) is 48.6 Å². The summed E-state index contributed by atoms with van der Waals surface area (Å²) >= 11 is 0. The molecule has 0 unspecified atom stereocenters. The topological polar surface area (TPSA) is 196 Å². The molecule has 0 saturated carbocycles. The van der Waals surface area contributed by atoms with Gasteiger partial charge in [0.15, 0.2) is 0 Å². The van der Waals surface area contributed by atoms with Crippen LogP contribution in [0, 0.1) is 11.3 Å². The van der Waals surface area contributed by atoms with Crippen LogP contribution in [-0.2, 0) is 41.2 Å². The van der Waals surface area contributed by atoms with E-state index in [1.807, 2.05) is 69.8 Å². The number of nitrogens with zero attached hydrogens (tertiary/aromatic N) is 2. The summed E-state index contributed by atoms with van der Waals surface area (Å²) in [5.74, 6) is -4.57. The number of likely N-dealkylation sites (N-methyl/N-ethyl adjacent to an activating group) is 1. The van der Waals surface area contributed by atoms with Crippen molar-refractivity contribution in [2.24, 2.45) is 18.4 Å². The first-order valence-electron chi connectivity index (χ1n) is 17.7. The second-order valence-electron chi connectivity index (χ2n) is 16.6. The van der Waals surface area contributed by atoms with Crippen molar-refractivity contribution in [2.75, 3.05) is 7.05 Å². The number of amides is 4. The molecule has 53 heavy (non-hydrogen) atoms. The van der Waals surface area contributed by atoms with Gasteiger partial charge in [-0.3, -0.25) is 19.2 Å². The number of benzene rings is 1. The van der Waals surface area contributed by atoms with Gasteiger partial charge < -0.3 is 40.4 Å². The molecule has 14 nitrogen and oxygen atoms in total. The predicted octanol–water partition coefficient (Wildman–Crippen LogP) is 4.74. The number of nitrogens with one attached hydrogen (secondary N) is 3. The van der Waals surface area contributed by atoms with Gasteiger partial charge in [-0.15, -0.1) is 0 Å². The number of carboxylic acid groups (broad SMARTS) is 2. The number of aliphatic carboxylic acids is 2. The predicted molar refractivity (Wildman–Crippen MR) is 202 cm³/mol. The van der Waals surface area contributed by atoms with Crippen LogP contribution in [0.3, 0.4) is 0 Å². The fraction of sp³-hybridized carbons (Fsp3) is 0.590. The number of carbonyl (C=O) groups is 6. The maximum Gasteiger partial charge on any atom is 0.408 e. The fourth-order valence-electron chi connectivity index (χ4n) is 6.12. The molecular formula is C39H59N5O9. The van der Waals surface area contributed by atoms with Crippen LogP contribution in [0.15, 0.2) is 42.1 Å². The summed E-state index contributed by atoms with van der Waals surface area (Å²) in [6.07, 6.45) is 1.92. The van der Waals surface area contributed by atoms with E-state index in [1.54, 1.807) is 54.7 Å². The van der Waals surface area contributed by atoms with Crippen LogP contribution >= 0.6 is 0 Å². The van der Waals surface area contributed by atoms with Crippen molar-refractivity contribution in [3.63, 3.8) is 0 Å². The zero-order chi connectivity index (χ0) is 40.8. The summed E-state index contributed by atoms with van der Waals surface area (Å²) in [4.78, 5) is 79.3. The average Bonchev–Trinajstić information content (AvgIpc) is 3.37.